The molecule has 0 aliphatic rings. The molecule has 0 spiro atoms. The molecular formula is C35H50O8. The van der Waals surface area contributed by atoms with Gasteiger partial charge in [0, 0.05) is 22.1 Å². The Balaban J connectivity index is 0.00000139. The van der Waals surface area contributed by atoms with E-state index >= 15 is 0 Å². The smallest absolute Gasteiger partial charge is 0.330 e. The third-order valence-electron chi connectivity index (χ3n) is 5.97. The molecule has 2 rings (SSSR count). The van der Waals surface area contributed by atoms with Gasteiger partial charge in [0.05, 0.1) is 26.4 Å². The maximum atomic E-state index is 9.60. The Morgan fingerprint density at radius 2 is 0.930 bits per heavy atom. The van der Waals surface area contributed by atoms with E-state index in [2.05, 4.69) is 33.6 Å². The lowest BCUT2D eigenvalue weighted by Crippen LogP contribution is -2.23. The van der Waals surface area contributed by atoms with Gasteiger partial charge in [-0.2, -0.15) is 0 Å². The molecule has 0 heterocycles. The minimum Gasteiger partial charge on any atom is -0.490 e. The number of carboxylic acids is 1. The van der Waals surface area contributed by atoms with Gasteiger partial charge in [-0.15, -0.1) is 0 Å². The quantitative estimate of drug-likeness (QED) is 0.144. The molecule has 8 heteroatoms. The van der Waals surface area contributed by atoms with Crippen molar-refractivity contribution in [1.29, 1.82) is 0 Å². The van der Waals surface area contributed by atoms with Crippen LogP contribution in [0.3, 0.4) is 0 Å². The summed E-state index contributed by atoms with van der Waals surface area (Å²) in [6.45, 7) is 31.1. The van der Waals surface area contributed by atoms with Crippen molar-refractivity contribution in [3.63, 3.8) is 0 Å². The van der Waals surface area contributed by atoms with E-state index < -0.39 is 11.4 Å². The van der Waals surface area contributed by atoms with Crippen LogP contribution in [-0.2, 0) is 10.2 Å². The van der Waals surface area contributed by atoms with Gasteiger partial charge in [0.25, 0.3) is 0 Å². The summed E-state index contributed by atoms with van der Waals surface area (Å²) < 4.78 is 36.6. The molecule has 0 fully saturated rings. The lowest BCUT2D eigenvalue weighted by molar-refractivity contribution is -0.132. The molecule has 0 aromatic heterocycles. The first-order valence-electron chi connectivity index (χ1n) is 14.6. The second kappa shape index (κ2) is 17.8. The van der Waals surface area contributed by atoms with Gasteiger partial charge in [0.15, 0.2) is 23.0 Å². The molecular weight excluding hydrogens is 548 g/mol. The van der Waals surface area contributed by atoms with Crippen LogP contribution in [0.1, 0.15) is 73.4 Å². The lowest BCUT2D eigenvalue weighted by atomic mass is 9.76. The molecule has 238 valence electrons. The van der Waals surface area contributed by atoms with Crippen molar-refractivity contribution in [2.45, 2.75) is 67.7 Å². The molecule has 0 aliphatic carbocycles. The van der Waals surface area contributed by atoms with Crippen molar-refractivity contribution in [3.8, 4) is 34.5 Å². The molecule has 43 heavy (non-hydrogen) atoms. The van der Waals surface area contributed by atoms with Crippen LogP contribution in [0.5, 0.6) is 34.5 Å². The maximum Gasteiger partial charge on any atom is 0.330 e. The normalized spacial score (nSPS) is 10.5. The third kappa shape index (κ3) is 10.6. The van der Waals surface area contributed by atoms with Crippen LogP contribution < -0.4 is 28.4 Å². The minimum atomic E-state index is -0.935. The molecule has 0 saturated carbocycles. The van der Waals surface area contributed by atoms with Gasteiger partial charge in [-0.05, 0) is 71.7 Å². The van der Waals surface area contributed by atoms with Crippen LogP contribution in [0, 0.1) is 0 Å². The standard InChI is InChI=1S/C31H44O6.C4H6O2/c1-11-32-27-23(15-17-25(29(27)34-13-3)36-19-21(5)6)31(9,10)24-16-18-26(37-20-22(7)8)30(35-14-4)28(24)33-12-2;1-3(2)4(5)6/h15-18H,5,7,11-14,19-20H2,1-4,6,8-10H3;1H2,2H3,(H,5,6). The van der Waals surface area contributed by atoms with Crippen molar-refractivity contribution in [2.75, 3.05) is 39.6 Å². The van der Waals surface area contributed by atoms with E-state index in [1.165, 1.54) is 6.92 Å². The van der Waals surface area contributed by atoms with Crippen molar-refractivity contribution in [2.24, 2.45) is 0 Å². The zero-order chi connectivity index (χ0) is 32.7. The van der Waals surface area contributed by atoms with Crippen LogP contribution in [-0.4, -0.2) is 50.7 Å². The van der Waals surface area contributed by atoms with Crippen molar-refractivity contribution < 1.29 is 38.3 Å². The molecule has 2 aromatic carbocycles. The number of ether oxygens (including phenoxy) is 6. The summed E-state index contributed by atoms with van der Waals surface area (Å²) in [4.78, 5) is 9.60. The zero-order valence-electron chi connectivity index (χ0n) is 27.5. The molecule has 0 bridgehead atoms. The van der Waals surface area contributed by atoms with Crippen LogP contribution >= 0.6 is 0 Å². The topological polar surface area (TPSA) is 92.7 Å². The van der Waals surface area contributed by atoms with E-state index in [0.29, 0.717) is 74.1 Å². The molecule has 0 unspecified atom stereocenters. The summed E-state index contributed by atoms with van der Waals surface area (Å²) in [5, 5.41) is 7.89. The van der Waals surface area contributed by atoms with Crippen molar-refractivity contribution >= 4 is 5.97 Å². The highest BCUT2D eigenvalue weighted by Gasteiger charge is 2.35. The summed E-state index contributed by atoms with van der Waals surface area (Å²) in [5.41, 5.74) is 3.35. The van der Waals surface area contributed by atoms with E-state index in [9.17, 15) is 4.79 Å². The van der Waals surface area contributed by atoms with Gasteiger partial charge in [0.2, 0.25) is 11.5 Å². The van der Waals surface area contributed by atoms with Crippen molar-refractivity contribution in [1.82, 2.24) is 0 Å². The second-order valence-corrected chi connectivity index (χ2v) is 10.5. The lowest BCUT2D eigenvalue weighted by Gasteiger charge is -2.32. The fourth-order valence-corrected chi connectivity index (χ4v) is 3.99. The fourth-order valence-electron chi connectivity index (χ4n) is 3.99. The van der Waals surface area contributed by atoms with Gasteiger partial charge < -0.3 is 33.5 Å². The molecule has 0 atom stereocenters. The predicted octanol–water partition coefficient (Wildman–Crippen LogP) is 8.16. The summed E-state index contributed by atoms with van der Waals surface area (Å²) in [5.74, 6) is 2.78. The monoisotopic (exact) mass is 598 g/mol. The second-order valence-electron chi connectivity index (χ2n) is 10.5. The first-order chi connectivity index (χ1) is 20.3. The predicted molar refractivity (Wildman–Crippen MR) is 173 cm³/mol. The van der Waals surface area contributed by atoms with Crippen LogP contribution in [0.25, 0.3) is 0 Å². The Morgan fingerprint density at radius 1 is 0.628 bits per heavy atom. The van der Waals surface area contributed by atoms with E-state index in [1.54, 1.807) is 0 Å². The highest BCUT2D eigenvalue weighted by molar-refractivity contribution is 5.84. The number of hydrogen-bond donors (Lipinski definition) is 1. The molecule has 2 aromatic rings. The van der Waals surface area contributed by atoms with Gasteiger partial charge in [-0.3, -0.25) is 0 Å². The largest absolute Gasteiger partial charge is 0.490 e. The number of hydrogen-bond acceptors (Lipinski definition) is 7. The number of carbonyl (C=O) groups is 1. The summed E-state index contributed by atoms with van der Waals surface area (Å²) in [6.07, 6.45) is 0. The Hall–Kier alpha value is -4.07. The first kappa shape index (κ1) is 37.0. The van der Waals surface area contributed by atoms with E-state index in [1.807, 2.05) is 65.8 Å². The Labute approximate surface area is 257 Å². The minimum absolute atomic E-state index is 0.176. The highest BCUT2D eigenvalue weighted by atomic mass is 16.5. The molecule has 8 nitrogen and oxygen atoms in total. The molecule has 0 saturated heterocycles. The highest BCUT2D eigenvalue weighted by Crippen LogP contribution is 2.52. The maximum absolute atomic E-state index is 9.60. The molecule has 0 amide bonds. The van der Waals surface area contributed by atoms with Crippen LogP contribution in [0.4, 0.5) is 0 Å². The number of rotatable bonds is 17. The van der Waals surface area contributed by atoms with Crippen LogP contribution in [0.2, 0.25) is 0 Å². The van der Waals surface area contributed by atoms with E-state index in [0.717, 1.165) is 22.3 Å². The number of aliphatic carboxylic acids is 1. The third-order valence-corrected chi connectivity index (χ3v) is 5.97. The average Bonchev–Trinajstić information content (AvgIpc) is 2.93. The molecule has 0 aliphatic heterocycles. The van der Waals surface area contributed by atoms with Gasteiger partial charge in [-0.1, -0.05) is 45.7 Å². The van der Waals surface area contributed by atoms with E-state index in [-0.39, 0.29) is 5.57 Å². The van der Waals surface area contributed by atoms with Crippen molar-refractivity contribution in [3.05, 3.63) is 71.8 Å². The summed E-state index contributed by atoms with van der Waals surface area (Å²) in [6, 6.07) is 7.93. The molecule has 1 N–H and O–H groups in total. The first-order valence-corrected chi connectivity index (χ1v) is 14.6. The van der Waals surface area contributed by atoms with Gasteiger partial charge in [0.1, 0.15) is 13.2 Å². The Morgan fingerprint density at radius 3 is 1.19 bits per heavy atom. The van der Waals surface area contributed by atoms with E-state index in [4.69, 9.17) is 33.5 Å². The zero-order valence-corrected chi connectivity index (χ0v) is 27.5. The van der Waals surface area contributed by atoms with Gasteiger partial charge >= 0.3 is 5.97 Å². The Bertz CT molecular complexity index is 1160. The van der Waals surface area contributed by atoms with Gasteiger partial charge in [-0.25, -0.2) is 4.79 Å². The summed E-state index contributed by atoms with van der Waals surface area (Å²) >= 11 is 0. The summed E-state index contributed by atoms with van der Waals surface area (Å²) in [7, 11) is 0. The number of benzene rings is 2. The SMILES string of the molecule is C=C(C)C(=O)O.C=C(C)COc1ccc(C(C)(C)c2ccc(OCC(=C)C)c(OCC)c2OCC)c(OCC)c1OCC. The molecule has 0 radical (unpaired) electrons. The average molecular weight is 599 g/mol. The fraction of sp³-hybridized carbons (Fsp3) is 0.457. The Kier molecular flexibility index (Phi) is 15.3. The number of carboxylic acid groups (broad SMARTS) is 1. The van der Waals surface area contributed by atoms with Crippen LogP contribution in [0.15, 0.2) is 60.7 Å².